The number of nitrogens with zero attached hydrogens (tertiary/aromatic N) is 6. The zero-order chi connectivity index (χ0) is 13.1. The van der Waals surface area contributed by atoms with Crippen LogP contribution in [0.4, 0.5) is 0 Å². The van der Waals surface area contributed by atoms with E-state index in [-0.39, 0.29) is 5.28 Å². The predicted molar refractivity (Wildman–Crippen MR) is 70.3 cm³/mol. The first-order chi connectivity index (χ1) is 9.31. The Morgan fingerprint density at radius 2 is 1.95 bits per heavy atom. The van der Waals surface area contributed by atoms with Gasteiger partial charge in [0, 0.05) is 11.1 Å². The Morgan fingerprint density at radius 1 is 1.11 bits per heavy atom. The molecule has 94 valence electrons. The molecule has 0 amide bonds. The number of tetrazole rings is 1. The summed E-state index contributed by atoms with van der Waals surface area (Å²) in [6.07, 6.45) is 3.18. The molecule has 0 radical (unpaired) electrons. The lowest BCUT2D eigenvalue weighted by Crippen LogP contribution is -1.94. The van der Waals surface area contributed by atoms with Gasteiger partial charge in [0.2, 0.25) is 5.28 Å². The van der Waals surface area contributed by atoms with Crippen LogP contribution in [0.3, 0.4) is 0 Å². The van der Waals surface area contributed by atoms with Crippen molar-refractivity contribution in [3.05, 3.63) is 48.1 Å². The van der Waals surface area contributed by atoms with Gasteiger partial charge in [-0.3, -0.25) is 0 Å². The number of hydrogen-bond acceptors (Lipinski definition) is 6. The molecular formula is C11H7ClN6S. The Hall–Kier alpha value is -1.99. The van der Waals surface area contributed by atoms with E-state index in [1.807, 2.05) is 30.3 Å². The third-order valence-corrected chi connectivity index (χ3v) is 3.40. The van der Waals surface area contributed by atoms with E-state index >= 15 is 0 Å². The summed E-state index contributed by atoms with van der Waals surface area (Å²) in [5.74, 6) is 0. The van der Waals surface area contributed by atoms with E-state index < -0.39 is 0 Å². The minimum atomic E-state index is 0.246. The van der Waals surface area contributed by atoms with Crippen molar-refractivity contribution in [2.24, 2.45) is 0 Å². The molecule has 0 saturated carbocycles. The van der Waals surface area contributed by atoms with Gasteiger partial charge in [-0.25, -0.2) is 14.6 Å². The molecule has 0 aliphatic heterocycles. The predicted octanol–water partition coefficient (Wildman–Crippen LogP) is 2.26. The summed E-state index contributed by atoms with van der Waals surface area (Å²) in [7, 11) is 0. The smallest absolute Gasteiger partial charge is 0.223 e. The first kappa shape index (κ1) is 12.1. The monoisotopic (exact) mass is 290 g/mol. The molecule has 0 saturated heterocycles. The van der Waals surface area contributed by atoms with Gasteiger partial charge in [0.15, 0.2) is 0 Å². The first-order valence-corrected chi connectivity index (χ1v) is 6.50. The van der Waals surface area contributed by atoms with Gasteiger partial charge in [0.05, 0.1) is 5.69 Å². The highest BCUT2D eigenvalue weighted by atomic mass is 35.5. The Bertz CT molecular complexity index is 670. The topological polar surface area (TPSA) is 69.4 Å². The molecule has 6 nitrogen and oxygen atoms in total. The maximum atomic E-state index is 5.74. The Labute approximate surface area is 117 Å². The van der Waals surface area contributed by atoms with E-state index in [0.717, 1.165) is 15.6 Å². The van der Waals surface area contributed by atoms with Crippen LogP contribution in [-0.4, -0.2) is 30.2 Å². The van der Waals surface area contributed by atoms with Crippen LogP contribution in [0, 0.1) is 0 Å². The molecule has 3 aromatic rings. The summed E-state index contributed by atoms with van der Waals surface area (Å²) < 4.78 is 1.59. The standard InChI is InChI=1S/C11H7ClN6S/c12-11-13-6-5-10(15-11)19-9-3-1-8(2-4-9)18-7-14-16-17-18/h1-7H. The van der Waals surface area contributed by atoms with Crippen molar-refractivity contribution in [2.45, 2.75) is 9.92 Å². The van der Waals surface area contributed by atoms with Crippen LogP contribution >= 0.6 is 23.4 Å². The van der Waals surface area contributed by atoms with Crippen LogP contribution in [-0.2, 0) is 0 Å². The van der Waals surface area contributed by atoms with E-state index in [9.17, 15) is 0 Å². The summed E-state index contributed by atoms with van der Waals surface area (Å²) in [6, 6.07) is 9.62. The van der Waals surface area contributed by atoms with Crippen LogP contribution in [0.15, 0.2) is 52.8 Å². The summed E-state index contributed by atoms with van der Waals surface area (Å²) in [4.78, 5) is 9.01. The third-order valence-electron chi connectivity index (χ3n) is 2.27. The molecule has 0 bridgehead atoms. The van der Waals surface area contributed by atoms with E-state index in [1.54, 1.807) is 17.2 Å². The second-order valence-corrected chi connectivity index (χ2v) is 4.95. The number of benzene rings is 1. The van der Waals surface area contributed by atoms with Crippen molar-refractivity contribution in [1.82, 2.24) is 30.2 Å². The van der Waals surface area contributed by atoms with Crippen LogP contribution in [0.1, 0.15) is 0 Å². The van der Waals surface area contributed by atoms with E-state index in [4.69, 9.17) is 11.6 Å². The lowest BCUT2D eigenvalue weighted by atomic mass is 10.3. The van der Waals surface area contributed by atoms with E-state index in [0.29, 0.717) is 0 Å². The fourth-order valence-electron chi connectivity index (χ4n) is 1.44. The number of aromatic nitrogens is 6. The molecule has 0 N–H and O–H groups in total. The maximum Gasteiger partial charge on any atom is 0.223 e. The Morgan fingerprint density at radius 3 is 2.63 bits per heavy atom. The molecule has 0 aliphatic rings. The second kappa shape index (κ2) is 5.33. The lowest BCUT2D eigenvalue weighted by molar-refractivity contribution is 0.788. The van der Waals surface area contributed by atoms with Gasteiger partial charge in [0.25, 0.3) is 0 Å². The summed E-state index contributed by atoms with van der Waals surface area (Å²) >= 11 is 7.25. The van der Waals surface area contributed by atoms with E-state index in [1.165, 1.54) is 11.8 Å². The van der Waals surface area contributed by atoms with Gasteiger partial charge < -0.3 is 0 Å². The second-order valence-electron chi connectivity index (χ2n) is 3.51. The highest BCUT2D eigenvalue weighted by Crippen LogP contribution is 2.26. The molecule has 0 fully saturated rings. The van der Waals surface area contributed by atoms with Crippen LogP contribution in [0.25, 0.3) is 5.69 Å². The van der Waals surface area contributed by atoms with Gasteiger partial charge in [-0.1, -0.05) is 11.8 Å². The molecule has 2 aromatic heterocycles. The molecule has 2 heterocycles. The fraction of sp³-hybridized carbons (Fsp3) is 0. The molecule has 0 aliphatic carbocycles. The van der Waals surface area contributed by atoms with Gasteiger partial charge in [-0.05, 0) is 52.4 Å². The molecule has 0 unspecified atom stereocenters. The number of rotatable bonds is 3. The molecule has 8 heteroatoms. The maximum absolute atomic E-state index is 5.74. The zero-order valence-corrected chi connectivity index (χ0v) is 11.1. The third kappa shape index (κ3) is 2.88. The van der Waals surface area contributed by atoms with E-state index in [2.05, 4.69) is 25.5 Å². The fourth-order valence-corrected chi connectivity index (χ4v) is 2.42. The molecule has 19 heavy (non-hydrogen) atoms. The zero-order valence-electron chi connectivity index (χ0n) is 9.51. The largest absolute Gasteiger partial charge is 0.226 e. The highest BCUT2D eigenvalue weighted by Gasteiger charge is 2.02. The SMILES string of the molecule is Clc1nccc(Sc2ccc(-n3cnnn3)cc2)n1. The molecule has 0 atom stereocenters. The number of halogens is 1. The summed E-state index contributed by atoms with van der Waals surface area (Å²) in [5.41, 5.74) is 0.898. The van der Waals surface area contributed by atoms with Crippen molar-refractivity contribution in [2.75, 3.05) is 0 Å². The van der Waals surface area contributed by atoms with Gasteiger partial charge >= 0.3 is 0 Å². The minimum absolute atomic E-state index is 0.246. The Balaban J connectivity index is 1.80. The summed E-state index contributed by atoms with van der Waals surface area (Å²) in [5, 5.41) is 12.1. The van der Waals surface area contributed by atoms with Gasteiger partial charge in [0.1, 0.15) is 11.4 Å². The van der Waals surface area contributed by atoms with Crippen molar-refractivity contribution >= 4 is 23.4 Å². The van der Waals surface area contributed by atoms with Crippen molar-refractivity contribution in [1.29, 1.82) is 0 Å². The summed E-state index contributed by atoms with van der Waals surface area (Å²) in [6.45, 7) is 0. The Kier molecular flexibility index (Phi) is 3.39. The van der Waals surface area contributed by atoms with Gasteiger partial charge in [-0.2, -0.15) is 0 Å². The molecule has 1 aromatic carbocycles. The first-order valence-electron chi connectivity index (χ1n) is 5.31. The molecular weight excluding hydrogens is 284 g/mol. The quantitative estimate of drug-likeness (QED) is 0.544. The van der Waals surface area contributed by atoms with Gasteiger partial charge in [-0.15, -0.1) is 5.10 Å². The normalized spacial score (nSPS) is 10.6. The molecule has 0 spiro atoms. The average Bonchev–Trinajstić information content (AvgIpc) is 2.94. The van der Waals surface area contributed by atoms with Crippen molar-refractivity contribution < 1.29 is 0 Å². The minimum Gasteiger partial charge on any atom is -0.226 e. The van der Waals surface area contributed by atoms with Crippen molar-refractivity contribution in [3.8, 4) is 5.69 Å². The van der Waals surface area contributed by atoms with Crippen molar-refractivity contribution in [3.63, 3.8) is 0 Å². The highest BCUT2D eigenvalue weighted by molar-refractivity contribution is 7.99. The molecule has 3 rings (SSSR count). The van der Waals surface area contributed by atoms with Crippen LogP contribution < -0.4 is 0 Å². The average molecular weight is 291 g/mol. The number of hydrogen-bond donors (Lipinski definition) is 0. The lowest BCUT2D eigenvalue weighted by Gasteiger charge is -2.03. The van der Waals surface area contributed by atoms with Crippen LogP contribution in [0.2, 0.25) is 5.28 Å². The van der Waals surface area contributed by atoms with Crippen LogP contribution in [0.5, 0.6) is 0 Å².